The van der Waals surface area contributed by atoms with Crippen molar-refractivity contribution in [1.82, 2.24) is 10.2 Å². The van der Waals surface area contributed by atoms with Gasteiger partial charge >= 0.3 is 0 Å². The summed E-state index contributed by atoms with van der Waals surface area (Å²) in [6, 6.07) is 7.17. The Labute approximate surface area is 119 Å². The fraction of sp³-hybridized carbons (Fsp3) is 0.533. The van der Waals surface area contributed by atoms with E-state index in [1.165, 1.54) is 0 Å². The lowest BCUT2D eigenvalue weighted by Gasteiger charge is -2.38. The van der Waals surface area contributed by atoms with E-state index in [1.807, 2.05) is 19.2 Å². The number of likely N-dealkylation sites (tertiary alicyclic amines) is 1. The number of rotatable bonds is 4. The number of likely N-dealkylation sites (N-methyl/N-ethyl adjacent to an activating group) is 1. The van der Waals surface area contributed by atoms with Crippen LogP contribution in [0.15, 0.2) is 24.3 Å². The van der Waals surface area contributed by atoms with Gasteiger partial charge in [0.2, 0.25) is 0 Å². The van der Waals surface area contributed by atoms with Gasteiger partial charge in [-0.25, -0.2) is 0 Å². The van der Waals surface area contributed by atoms with Crippen LogP contribution < -0.4 is 10.1 Å². The number of nitrogens with zero attached hydrogens (tertiary/aromatic N) is 1. The van der Waals surface area contributed by atoms with Crippen LogP contribution in [0.1, 0.15) is 23.2 Å². The van der Waals surface area contributed by atoms with Gasteiger partial charge in [-0.2, -0.15) is 0 Å². The third-order valence-electron chi connectivity index (χ3n) is 3.80. The highest BCUT2D eigenvalue weighted by Crippen LogP contribution is 2.23. The largest absolute Gasteiger partial charge is 0.497 e. The zero-order valence-electron chi connectivity index (χ0n) is 12.1. The Morgan fingerprint density at radius 3 is 2.75 bits per heavy atom. The number of carbonyl (C=O) groups is 1. The van der Waals surface area contributed by atoms with Gasteiger partial charge in [0.15, 0.2) is 0 Å². The molecule has 1 aromatic rings. The Bertz CT molecular complexity index is 468. The highest BCUT2D eigenvalue weighted by atomic mass is 16.5. The number of methoxy groups -OCH3 is 1. The third-order valence-corrected chi connectivity index (χ3v) is 3.80. The monoisotopic (exact) mass is 278 g/mol. The van der Waals surface area contributed by atoms with E-state index in [9.17, 15) is 9.90 Å². The smallest absolute Gasteiger partial charge is 0.253 e. The molecule has 0 bridgehead atoms. The number of aliphatic hydroxyl groups is 1. The predicted molar refractivity (Wildman–Crippen MR) is 77.0 cm³/mol. The lowest BCUT2D eigenvalue weighted by molar-refractivity contribution is -0.0143. The number of hydrogen-bond acceptors (Lipinski definition) is 4. The second kappa shape index (κ2) is 6.24. The average Bonchev–Trinajstić information content (AvgIpc) is 2.47. The molecule has 0 aliphatic carbocycles. The van der Waals surface area contributed by atoms with Crippen LogP contribution in [0.5, 0.6) is 5.75 Å². The van der Waals surface area contributed by atoms with Gasteiger partial charge in [0.05, 0.1) is 12.7 Å². The molecule has 0 unspecified atom stereocenters. The van der Waals surface area contributed by atoms with Gasteiger partial charge in [-0.1, -0.05) is 6.07 Å². The van der Waals surface area contributed by atoms with Gasteiger partial charge < -0.3 is 20.1 Å². The van der Waals surface area contributed by atoms with E-state index in [-0.39, 0.29) is 5.91 Å². The van der Waals surface area contributed by atoms with Crippen LogP contribution in [0.4, 0.5) is 0 Å². The summed E-state index contributed by atoms with van der Waals surface area (Å²) in [5, 5.41) is 13.3. The minimum Gasteiger partial charge on any atom is -0.497 e. The SMILES string of the molecule is CNCC1(O)CCN(C(=O)c2cccc(OC)c2)CC1. The number of benzene rings is 1. The van der Waals surface area contributed by atoms with E-state index in [0.717, 1.165) is 0 Å². The maximum atomic E-state index is 12.4. The summed E-state index contributed by atoms with van der Waals surface area (Å²) in [5.74, 6) is 0.676. The van der Waals surface area contributed by atoms with E-state index in [4.69, 9.17) is 4.74 Å². The molecule has 1 aromatic carbocycles. The molecule has 2 rings (SSSR count). The van der Waals surface area contributed by atoms with Gasteiger partial charge in [0.1, 0.15) is 5.75 Å². The van der Waals surface area contributed by atoms with Crippen molar-refractivity contribution in [3.05, 3.63) is 29.8 Å². The zero-order valence-corrected chi connectivity index (χ0v) is 12.1. The van der Waals surface area contributed by atoms with Crippen molar-refractivity contribution < 1.29 is 14.6 Å². The van der Waals surface area contributed by atoms with Gasteiger partial charge in [0.25, 0.3) is 5.91 Å². The Morgan fingerprint density at radius 1 is 1.45 bits per heavy atom. The fourth-order valence-electron chi connectivity index (χ4n) is 2.57. The first-order valence-electron chi connectivity index (χ1n) is 6.88. The number of piperidine rings is 1. The van der Waals surface area contributed by atoms with Crippen LogP contribution in [0.3, 0.4) is 0 Å². The highest BCUT2D eigenvalue weighted by molar-refractivity contribution is 5.94. The first kappa shape index (κ1) is 14.8. The number of amides is 1. The molecule has 5 heteroatoms. The Hall–Kier alpha value is -1.59. The quantitative estimate of drug-likeness (QED) is 0.858. The molecule has 0 spiro atoms. The van der Waals surface area contributed by atoms with E-state index < -0.39 is 5.60 Å². The molecule has 1 fully saturated rings. The molecular weight excluding hydrogens is 256 g/mol. The molecule has 0 saturated carbocycles. The number of ether oxygens (including phenoxy) is 1. The van der Waals surface area contributed by atoms with Crippen molar-refractivity contribution in [3.8, 4) is 5.75 Å². The molecule has 0 aromatic heterocycles. The summed E-state index contributed by atoms with van der Waals surface area (Å²) in [6.07, 6.45) is 1.20. The molecule has 1 heterocycles. The maximum Gasteiger partial charge on any atom is 0.253 e. The summed E-state index contributed by atoms with van der Waals surface area (Å²) >= 11 is 0. The predicted octanol–water partition coefficient (Wildman–Crippen LogP) is 0.882. The number of nitrogens with one attached hydrogen (secondary N) is 1. The van der Waals surface area contributed by atoms with Crippen molar-refractivity contribution in [2.75, 3.05) is 33.8 Å². The van der Waals surface area contributed by atoms with Crippen molar-refractivity contribution >= 4 is 5.91 Å². The van der Waals surface area contributed by atoms with Crippen LogP contribution in [-0.4, -0.2) is 55.3 Å². The second-order valence-electron chi connectivity index (χ2n) is 5.28. The molecule has 1 aliphatic heterocycles. The van der Waals surface area contributed by atoms with Crippen molar-refractivity contribution in [3.63, 3.8) is 0 Å². The van der Waals surface area contributed by atoms with Crippen LogP contribution in [0.2, 0.25) is 0 Å². The Morgan fingerprint density at radius 2 is 2.15 bits per heavy atom. The summed E-state index contributed by atoms with van der Waals surface area (Å²) in [4.78, 5) is 14.2. The molecule has 1 amide bonds. The van der Waals surface area contributed by atoms with E-state index in [0.29, 0.717) is 43.8 Å². The Kier molecular flexibility index (Phi) is 4.62. The Balaban J connectivity index is 2.01. The molecule has 0 radical (unpaired) electrons. The molecular formula is C15H22N2O3. The summed E-state index contributed by atoms with van der Waals surface area (Å²) in [6.45, 7) is 1.72. The lowest BCUT2D eigenvalue weighted by Crippen LogP contribution is -2.50. The molecule has 5 nitrogen and oxygen atoms in total. The first-order valence-corrected chi connectivity index (χ1v) is 6.88. The van der Waals surface area contributed by atoms with Crippen LogP contribution in [0.25, 0.3) is 0 Å². The minimum absolute atomic E-state index is 0.00425. The van der Waals surface area contributed by atoms with Crippen molar-refractivity contribution in [2.45, 2.75) is 18.4 Å². The van der Waals surface area contributed by atoms with Gasteiger partial charge in [-0.15, -0.1) is 0 Å². The van der Waals surface area contributed by atoms with Crippen LogP contribution in [-0.2, 0) is 0 Å². The zero-order chi connectivity index (χ0) is 14.6. The van der Waals surface area contributed by atoms with Gasteiger partial charge in [0, 0.05) is 25.2 Å². The van der Waals surface area contributed by atoms with E-state index >= 15 is 0 Å². The molecule has 0 atom stereocenters. The van der Waals surface area contributed by atoms with Crippen molar-refractivity contribution in [1.29, 1.82) is 0 Å². The average molecular weight is 278 g/mol. The van der Waals surface area contributed by atoms with Crippen LogP contribution >= 0.6 is 0 Å². The number of carbonyl (C=O) groups excluding carboxylic acids is 1. The molecule has 110 valence electrons. The summed E-state index contributed by atoms with van der Waals surface area (Å²) in [7, 11) is 3.41. The lowest BCUT2D eigenvalue weighted by atomic mass is 9.91. The molecule has 1 aliphatic rings. The summed E-state index contributed by atoms with van der Waals surface area (Å²) < 4.78 is 5.14. The fourth-order valence-corrected chi connectivity index (χ4v) is 2.57. The second-order valence-corrected chi connectivity index (χ2v) is 5.28. The first-order chi connectivity index (χ1) is 9.58. The third kappa shape index (κ3) is 3.29. The standard InChI is InChI=1S/C15H22N2O3/c1-16-11-15(19)6-8-17(9-7-15)14(18)12-4-3-5-13(10-12)20-2/h3-5,10,16,19H,6-9,11H2,1-2H3. The minimum atomic E-state index is -0.695. The molecule has 2 N–H and O–H groups in total. The topological polar surface area (TPSA) is 61.8 Å². The highest BCUT2D eigenvalue weighted by Gasteiger charge is 2.33. The molecule has 1 saturated heterocycles. The van der Waals surface area contributed by atoms with E-state index in [2.05, 4.69) is 5.32 Å². The van der Waals surface area contributed by atoms with Crippen LogP contribution in [0, 0.1) is 0 Å². The maximum absolute atomic E-state index is 12.4. The normalized spacial score (nSPS) is 17.9. The van der Waals surface area contributed by atoms with Gasteiger partial charge in [-0.05, 0) is 38.1 Å². The van der Waals surface area contributed by atoms with Gasteiger partial charge in [-0.3, -0.25) is 4.79 Å². The van der Waals surface area contributed by atoms with E-state index in [1.54, 1.807) is 24.1 Å². The summed E-state index contributed by atoms with van der Waals surface area (Å²) in [5.41, 5.74) is -0.0664. The van der Waals surface area contributed by atoms with Crippen molar-refractivity contribution in [2.24, 2.45) is 0 Å². The molecule has 20 heavy (non-hydrogen) atoms. The number of hydrogen-bond donors (Lipinski definition) is 2.